The minimum atomic E-state index is -2.21. The third-order valence-electron chi connectivity index (χ3n) is 2.84. The highest BCUT2D eigenvalue weighted by Gasteiger charge is 2.55. The average Bonchev–Trinajstić information content (AvgIpc) is 2.53. The molecule has 1 aromatic rings. The molecule has 6 N–H and O–H groups in total. The van der Waals surface area contributed by atoms with Crippen LogP contribution in [0.2, 0.25) is 0 Å². The van der Waals surface area contributed by atoms with E-state index in [9.17, 15) is 15.3 Å². The highest BCUT2D eigenvalue weighted by molar-refractivity contribution is 5.32. The number of hydrogen-bond acceptors (Lipinski definition) is 8. The lowest BCUT2D eigenvalue weighted by Gasteiger charge is -2.25. The molecule has 0 saturated carbocycles. The van der Waals surface area contributed by atoms with E-state index >= 15 is 0 Å². The third-order valence-corrected chi connectivity index (χ3v) is 2.84. The molecule has 1 aromatic heterocycles. The fraction of sp³-hybridized carbons (Fsp3) is 0.600. The van der Waals surface area contributed by atoms with Gasteiger partial charge in [0.15, 0.2) is 0 Å². The van der Waals surface area contributed by atoms with Crippen LogP contribution in [0.3, 0.4) is 0 Å². The van der Waals surface area contributed by atoms with Gasteiger partial charge in [-0.3, -0.25) is 0 Å². The molecule has 0 bridgehead atoms. The Morgan fingerprint density at radius 3 is 2.61 bits per heavy atom. The zero-order valence-corrected chi connectivity index (χ0v) is 9.69. The fourth-order valence-electron chi connectivity index (χ4n) is 1.94. The summed E-state index contributed by atoms with van der Waals surface area (Å²) in [7, 11) is 0. The van der Waals surface area contributed by atoms with Crippen LogP contribution in [0.4, 0.5) is 5.82 Å². The minimum absolute atomic E-state index is 0.0602. The van der Waals surface area contributed by atoms with Crippen molar-refractivity contribution in [2.45, 2.75) is 31.0 Å². The van der Waals surface area contributed by atoms with E-state index < -0.39 is 30.7 Å². The number of hydrogen-bond donors (Lipinski definition) is 5. The largest absolute Gasteiger partial charge is 0.394 e. The first-order valence-electron chi connectivity index (χ1n) is 5.37. The van der Waals surface area contributed by atoms with Crippen molar-refractivity contribution in [2.75, 3.05) is 12.3 Å². The standard InChI is InChI=1S/C10H15N3O5/c1-4-12-6(2-7(11)13-4)10(17)9(16)8(15)5(3-14)18-10/h2,5,8-9,14-17H,3H2,1H3,(H2,11,12,13)/t5-,8-,9-,10-/m1/s1. The summed E-state index contributed by atoms with van der Waals surface area (Å²) in [5, 5.41) is 38.7. The molecule has 8 heteroatoms. The monoisotopic (exact) mass is 257 g/mol. The quantitative estimate of drug-likeness (QED) is 0.395. The molecule has 0 amide bonds. The molecule has 2 heterocycles. The Hall–Kier alpha value is -1.32. The maximum Gasteiger partial charge on any atom is 0.240 e. The number of aromatic nitrogens is 2. The van der Waals surface area contributed by atoms with Crippen LogP contribution in [0, 0.1) is 6.92 Å². The topological polar surface area (TPSA) is 142 Å². The van der Waals surface area contributed by atoms with Gasteiger partial charge in [0.25, 0.3) is 0 Å². The number of ether oxygens (including phenoxy) is 1. The van der Waals surface area contributed by atoms with Crippen molar-refractivity contribution < 1.29 is 25.2 Å². The smallest absolute Gasteiger partial charge is 0.240 e. The summed E-state index contributed by atoms with van der Waals surface area (Å²) in [6.07, 6.45) is -4.15. The van der Waals surface area contributed by atoms with E-state index in [0.29, 0.717) is 0 Å². The van der Waals surface area contributed by atoms with Crippen LogP contribution in [0.5, 0.6) is 0 Å². The number of rotatable bonds is 2. The highest BCUT2D eigenvalue weighted by atomic mass is 16.7. The Kier molecular flexibility index (Phi) is 3.21. The van der Waals surface area contributed by atoms with Crippen molar-refractivity contribution in [3.63, 3.8) is 0 Å². The van der Waals surface area contributed by atoms with Gasteiger partial charge in [0.2, 0.25) is 5.79 Å². The Morgan fingerprint density at radius 1 is 1.44 bits per heavy atom. The van der Waals surface area contributed by atoms with Gasteiger partial charge in [-0.05, 0) is 6.92 Å². The molecule has 0 unspecified atom stereocenters. The summed E-state index contributed by atoms with van der Waals surface area (Å²) in [5.41, 5.74) is 5.46. The number of nitrogens with zero attached hydrogens (tertiary/aromatic N) is 2. The molecule has 1 aliphatic heterocycles. The van der Waals surface area contributed by atoms with Gasteiger partial charge >= 0.3 is 0 Å². The molecule has 0 radical (unpaired) electrons. The van der Waals surface area contributed by atoms with Crippen LogP contribution < -0.4 is 5.73 Å². The minimum Gasteiger partial charge on any atom is -0.394 e. The first kappa shape index (κ1) is 13.1. The predicted molar refractivity (Wildman–Crippen MR) is 59.1 cm³/mol. The number of anilines is 1. The predicted octanol–water partition coefficient (Wildman–Crippen LogP) is -2.37. The zero-order chi connectivity index (χ0) is 13.5. The molecule has 0 aliphatic carbocycles. The van der Waals surface area contributed by atoms with Crippen LogP contribution in [0.1, 0.15) is 11.5 Å². The van der Waals surface area contributed by atoms with Crippen molar-refractivity contribution in [1.29, 1.82) is 0 Å². The van der Waals surface area contributed by atoms with E-state index in [4.69, 9.17) is 15.6 Å². The van der Waals surface area contributed by atoms with Crippen molar-refractivity contribution >= 4 is 5.82 Å². The van der Waals surface area contributed by atoms with Gasteiger partial charge in [-0.2, -0.15) is 0 Å². The van der Waals surface area contributed by atoms with E-state index in [0.717, 1.165) is 0 Å². The summed E-state index contributed by atoms with van der Waals surface area (Å²) < 4.78 is 5.08. The van der Waals surface area contributed by atoms with Gasteiger partial charge < -0.3 is 30.9 Å². The van der Waals surface area contributed by atoms with E-state index in [1.165, 1.54) is 6.07 Å². The fourth-order valence-corrected chi connectivity index (χ4v) is 1.94. The van der Waals surface area contributed by atoms with Gasteiger partial charge in [0.05, 0.1) is 6.61 Å². The molecular formula is C10H15N3O5. The van der Waals surface area contributed by atoms with Crippen molar-refractivity contribution in [3.8, 4) is 0 Å². The Balaban J connectivity index is 2.42. The molecule has 1 fully saturated rings. The van der Waals surface area contributed by atoms with Gasteiger partial charge in [0.1, 0.15) is 35.6 Å². The van der Waals surface area contributed by atoms with Gasteiger partial charge in [-0.1, -0.05) is 0 Å². The summed E-state index contributed by atoms with van der Waals surface area (Å²) in [5.74, 6) is -1.82. The molecule has 0 spiro atoms. The van der Waals surface area contributed by atoms with E-state index in [-0.39, 0.29) is 17.3 Å². The second kappa shape index (κ2) is 4.41. The van der Waals surface area contributed by atoms with Crippen LogP contribution in [0.15, 0.2) is 6.07 Å². The zero-order valence-electron chi connectivity index (χ0n) is 9.69. The molecule has 1 saturated heterocycles. The van der Waals surface area contributed by atoms with E-state index in [2.05, 4.69) is 9.97 Å². The number of aliphatic hydroxyl groups excluding tert-OH is 3. The Bertz CT molecular complexity index is 437. The van der Waals surface area contributed by atoms with Gasteiger partial charge in [0, 0.05) is 6.07 Å². The SMILES string of the molecule is Cc1nc(N)cc([C@@]2(O)O[C@H](CO)[C@@H](O)[C@H]2O)n1. The molecule has 18 heavy (non-hydrogen) atoms. The summed E-state index contributed by atoms with van der Waals surface area (Å²) >= 11 is 0. The molecule has 1 aliphatic rings. The Morgan fingerprint density at radius 2 is 2.11 bits per heavy atom. The second-order valence-electron chi connectivity index (χ2n) is 4.20. The lowest BCUT2D eigenvalue weighted by Crippen LogP contribution is -2.41. The lowest BCUT2D eigenvalue weighted by molar-refractivity contribution is -0.242. The van der Waals surface area contributed by atoms with E-state index in [1.54, 1.807) is 6.92 Å². The Labute approximate surface area is 103 Å². The lowest BCUT2D eigenvalue weighted by atomic mass is 10.0. The number of aliphatic hydroxyl groups is 4. The van der Waals surface area contributed by atoms with Gasteiger partial charge in [-0.25, -0.2) is 9.97 Å². The molecule has 2 rings (SSSR count). The number of nitrogen functional groups attached to an aromatic ring is 1. The molecular weight excluding hydrogens is 242 g/mol. The highest BCUT2D eigenvalue weighted by Crippen LogP contribution is 2.36. The summed E-state index contributed by atoms with van der Waals surface area (Å²) in [4.78, 5) is 7.75. The second-order valence-corrected chi connectivity index (χ2v) is 4.20. The van der Waals surface area contributed by atoms with Crippen molar-refractivity contribution in [3.05, 3.63) is 17.6 Å². The van der Waals surface area contributed by atoms with Crippen LogP contribution in [-0.2, 0) is 10.5 Å². The maximum absolute atomic E-state index is 10.3. The summed E-state index contributed by atoms with van der Waals surface area (Å²) in [6, 6.07) is 1.24. The number of aryl methyl sites for hydroxylation is 1. The molecule has 100 valence electrons. The van der Waals surface area contributed by atoms with Crippen LogP contribution in [0.25, 0.3) is 0 Å². The van der Waals surface area contributed by atoms with Crippen LogP contribution in [-0.4, -0.2) is 55.3 Å². The van der Waals surface area contributed by atoms with Gasteiger partial charge in [-0.15, -0.1) is 0 Å². The average molecular weight is 257 g/mol. The first-order valence-corrected chi connectivity index (χ1v) is 5.37. The molecule has 4 atom stereocenters. The third kappa shape index (κ3) is 1.93. The number of nitrogens with two attached hydrogens (primary N) is 1. The first-order chi connectivity index (χ1) is 8.38. The maximum atomic E-state index is 10.3. The normalized spacial score (nSPS) is 35.9. The van der Waals surface area contributed by atoms with E-state index in [1.807, 2.05) is 0 Å². The van der Waals surface area contributed by atoms with Crippen LogP contribution >= 0.6 is 0 Å². The van der Waals surface area contributed by atoms with Crippen molar-refractivity contribution in [1.82, 2.24) is 9.97 Å². The van der Waals surface area contributed by atoms with Crippen molar-refractivity contribution in [2.24, 2.45) is 0 Å². The molecule has 0 aromatic carbocycles. The molecule has 8 nitrogen and oxygen atoms in total. The summed E-state index contributed by atoms with van der Waals surface area (Å²) in [6.45, 7) is 1.02.